The first kappa shape index (κ1) is 13.2. The lowest BCUT2D eigenvalue weighted by molar-refractivity contribution is -0.137. The van der Waals surface area contributed by atoms with Crippen LogP contribution in [0.2, 0.25) is 0 Å². The number of benzene rings is 1. The van der Waals surface area contributed by atoms with Crippen molar-refractivity contribution < 1.29 is 9.90 Å². The zero-order chi connectivity index (χ0) is 12.7. The Bertz CT molecular complexity index is 432. The largest absolute Gasteiger partial charge is 0.481 e. The van der Waals surface area contributed by atoms with Gasteiger partial charge in [-0.05, 0) is 36.5 Å². The Balaban J connectivity index is 2.83. The molecule has 0 aliphatic carbocycles. The van der Waals surface area contributed by atoms with E-state index in [4.69, 9.17) is 10.4 Å². The second kappa shape index (κ2) is 6.70. The van der Waals surface area contributed by atoms with Crippen molar-refractivity contribution in [2.75, 3.05) is 0 Å². The van der Waals surface area contributed by atoms with Gasteiger partial charge in [0.05, 0.1) is 11.6 Å². The summed E-state index contributed by atoms with van der Waals surface area (Å²) in [5.74, 6) is -0.765. The first-order valence-corrected chi connectivity index (χ1v) is 5.91. The van der Waals surface area contributed by atoms with E-state index in [1.165, 1.54) is 0 Å². The van der Waals surface area contributed by atoms with E-state index < -0.39 is 5.97 Å². The first-order valence-electron chi connectivity index (χ1n) is 5.91. The molecule has 0 saturated carbocycles. The smallest absolute Gasteiger partial charge is 0.303 e. The number of hydrogen-bond donors (Lipinski definition) is 1. The molecule has 0 spiro atoms. The van der Waals surface area contributed by atoms with Crippen LogP contribution < -0.4 is 0 Å². The first-order chi connectivity index (χ1) is 8.19. The van der Waals surface area contributed by atoms with Gasteiger partial charge in [0.2, 0.25) is 0 Å². The summed E-state index contributed by atoms with van der Waals surface area (Å²) in [6, 6.07) is 7.89. The van der Waals surface area contributed by atoms with E-state index in [0.29, 0.717) is 6.42 Å². The minimum atomic E-state index is -0.765. The average Bonchev–Trinajstić information content (AvgIpc) is 2.30. The molecule has 1 rings (SSSR count). The van der Waals surface area contributed by atoms with Crippen molar-refractivity contribution in [3.05, 3.63) is 34.9 Å². The monoisotopic (exact) mass is 231 g/mol. The Labute approximate surface area is 102 Å². The number of carbonyl (C=O) groups is 1. The molecule has 3 heteroatoms. The van der Waals surface area contributed by atoms with Crippen LogP contribution in [-0.4, -0.2) is 11.1 Å². The van der Waals surface area contributed by atoms with Gasteiger partial charge in [0.15, 0.2) is 0 Å². The molecule has 0 bridgehead atoms. The summed E-state index contributed by atoms with van der Waals surface area (Å²) in [6.45, 7) is 2.08. The zero-order valence-corrected chi connectivity index (χ0v) is 10.1. The van der Waals surface area contributed by atoms with Gasteiger partial charge in [-0.3, -0.25) is 4.79 Å². The molecule has 0 amide bonds. The van der Waals surface area contributed by atoms with Crippen molar-refractivity contribution in [3.63, 3.8) is 0 Å². The minimum absolute atomic E-state index is 0.183. The number of nitriles is 1. The molecule has 90 valence electrons. The molecule has 0 fully saturated rings. The number of hydrogen-bond acceptors (Lipinski definition) is 2. The summed E-state index contributed by atoms with van der Waals surface area (Å²) in [6.07, 6.45) is 3.41. The van der Waals surface area contributed by atoms with Gasteiger partial charge in [0, 0.05) is 6.42 Å². The standard InChI is InChI=1S/C14H17NO2/c1-2-5-13-11(7-4-9-14(16)17)6-3-8-12(13)10-15/h3,6,8H,2,4-5,7,9H2,1H3,(H,16,17). The van der Waals surface area contributed by atoms with E-state index in [1.54, 1.807) is 0 Å². The summed E-state index contributed by atoms with van der Waals surface area (Å²) in [7, 11) is 0. The van der Waals surface area contributed by atoms with Gasteiger partial charge in [0.1, 0.15) is 0 Å². The predicted molar refractivity (Wildman–Crippen MR) is 65.7 cm³/mol. The Morgan fingerprint density at radius 2 is 2.18 bits per heavy atom. The van der Waals surface area contributed by atoms with E-state index in [-0.39, 0.29) is 6.42 Å². The van der Waals surface area contributed by atoms with E-state index in [0.717, 1.165) is 36.0 Å². The lowest BCUT2D eigenvalue weighted by Gasteiger charge is -2.09. The molecular weight excluding hydrogens is 214 g/mol. The van der Waals surface area contributed by atoms with Gasteiger partial charge >= 0.3 is 5.97 Å². The predicted octanol–water partition coefficient (Wildman–Crippen LogP) is 2.92. The molecule has 0 aliphatic heterocycles. The van der Waals surface area contributed by atoms with Gasteiger partial charge in [-0.2, -0.15) is 5.26 Å². The van der Waals surface area contributed by atoms with Crippen molar-refractivity contribution in [2.24, 2.45) is 0 Å². The lowest BCUT2D eigenvalue weighted by Crippen LogP contribution is -2.00. The molecule has 17 heavy (non-hydrogen) atoms. The Morgan fingerprint density at radius 1 is 1.41 bits per heavy atom. The third kappa shape index (κ3) is 3.92. The minimum Gasteiger partial charge on any atom is -0.481 e. The van der Waals surface area contributed by atoms with Crippen molar-refractivity contribution in [2.45, 2.75) is 39.0 Å². The topological polar surface area (TPSA) is 61.1 Å². The molecule has 1 N–H and O–H groups in total. The summed E-state index contributed by atoms with van der Waals surface area (Å²) >= 11 is 0. The highest BCUT2D eigenvalue weighted by Gasteiger charge is 2.07. The summed E-state index contributed by atoms with van der Waals surface area (Å²) in [5, 5.41) is 17.7. The SMILES string of the molecule is CCCc1c(C#N)cccc1CCCC(=O)O. The highest BCUT2D eigenvalue weighted by molar-refractivity contribution is 5.66. The van der Waals surface area contributed by atoms with Crippen molar-refractivity contribution in [1.29, 1.82) is 5.26 Å². The van der Waals surface area contributed by atoms with Gasteiger partial charge in [-0.25, -0.2) is 0 Å². The lowest BCUT2D eigenvalue weighted by atomic mass is 9.94. The van der Waals surface area contributed by atoms with E-state index in [2.05, 4.69) is 13.0 Å². The summed E-state index contributed by atoms with van der Waals surface area (Å²) in [5.41, 5.74) is 2.93. The highest BCUT2D eigenvalue weighted by atomic mass is 16.4. The van der Waals surface area contributed by atoms with Crippen molar-refractivity contribution in [1.82, 2.24) is 0 Å². The van der Waals surface area contributed by atoms with Crippen molar-refractivity contribution >= 4 is 5.97 Å². The summed E-state index contributed by atoms with van der Waals surface area (Å²) < 4.78 is 0. The molecule has 0 radical (unpaired) electrons. The Morgan fingerprint density at radius 3 is 2.76 bits per heavy atom. The fourth-order valence-corrected chi connectivity index (χ4v) is 1.95. The molecule has 0 aromatic heterocycles. The number of carboxylic acid groups (broad SMARTS) is 1. The number of aliphatic carboxylic acids is 1. The third-order valence-electron chi connectivity index (χ3n) is 2.73. The van der Waals surface area contributed by atoms with Crippen LogP contribution in [0, 0.1) is 11.3 Å². The van der Waals surface area contributed by atoms with Gasteiger partial charge < -0.3 is 5.11 Å². The number of rotatable bonds is 6. The molecule has 1 aromatic rings. The van der Waals surface area contributed by atoms with Crippen LogP contribution in [0.1, 0.15) is 42.9 Å². The molecule has 0 unspecified atom stereocenters. The van der Waals surface area contributed by atoms with E-state index in [9.17, 15) is 4.79 Å². The normalized spacial score (nSPS) is 9.88. The van der Waals surface area contributed by atoms with E-state index >= 15 is 0 Å². The molecule has 1 aromatic carbocycles. The maximum Gasteiger partial charge on any atom is 0.303 e. The summed E-state index contributed by atoms with van der Waals surface area (Å²) in [4.78, 5) is 10.5. The van der Waals surface area contributed by atoms with Crippen LogP contribution in [0.25, 0.3) is 0 Å². The fraction of sp³-hybridized carbons (Fsp3) is 0.429. The fourth-order valence-electron chi connectivity index (χ4n) is 1.95. The molecule has 0 saturated heterocycles. The number of nitrogens with zero attached hydrogens (tertiary/aromatic N) is 1. The molecule has 0 heterocycles. The molecular formula is C14H17NO2. The average molecular weight is 231 g/mol. The maximum atomic E-state index is 10.5. The van der Waals surface area contributed by atoms with Crippen LogP contribution in [0.15, 0.2) is 18.2 Å². The van der Waals surface area contributed by atoms with Crippen molar-refractivity contribution in [3.8, 4) is 6.07 Å². The van der Waals surface area contributed by atoms with Gasteiger partial charge in [0.25, 0.3) is 0 Å². The zero-order valence-electron chi connectivity index (χ0n) is 10.1. The molecule has 3 nitrogen and oxygen atoms in total. The molecule has 0 aliphatic rings. The van der Waals surface area contributed by atoms with Crippen LogP contribution in [-0.2, 0) is 17.6 Å². The maximum absolute atomic E-state index is 10.5. The number of aryl methyl sites for hydroxylation is 1. The van der Waals surface area contributed by atoms with Crippen LogP contribution in [0.5, 0.6) is 0 Å². The van der Waals surface area contributed by atoms with Crippen LogP contribution in [0.3, 0.4) is 0 Å². The quantitative estimate of drug-likeness (QED) is 0.818. The number of carboxylic acids is 1. The highest BCUT2D eigenvalue weighted by Crippen LogP contribution is 2.18. The van der Waals surface area contributed by atoms with Crippen LogP contribution in [0.4, 0.5) is 0 Å². The Hall–Kier alpha value is -1.82. The van der Waals surface area contributed by atoms with Gasteiger partial charge in [-0.1, -0.05) is 25.5 Å². The second-order valence-electron chi connectivity index (χ2n) is 4.05. The second-order valence-corrected chi connectivity index (χ2v) is 4.05. The van der Waals surface area contributed by atoms with Gasteiger partial charge in [-0.15, -0.1) is 0 Å². The molecule has 0 atom stereocenters. The van der Waals surface area contributed by atoms with E-state index in [1.807, 2.05) is 18.2 Å². The third-order valence-corrected chi connectivity index (χ3v) is 2.73. The Kier molecular flexibility index (Phi) is 5.22. The van der Waals surface area contributed by atoms with Crippen LogP contribution >= 0.6 is 0 Å².